The zero-order chi connectivity index (χ0) is 16.3. The molecule has 0 bridgehead atoms. The minimum atomic E-state index is -0.697. The summed E-state index contributed by atoms with van der Waals surface area (Å²) in [6, 6.07) is 4.05. The van der Waals surface area contributed by atoms with E-state index in [1.165, 1.54) is 25.3 Å². The molecule has 1 aliphatic rings. The molecule has 1 heterocycles. The number of nitrogens with one attached hydrogen (secondary N) is 1. The molecule has 116 valence electrons. The number of anilines is 1. The van der Waals surface area contributed by atoms with E-state index in [1.807, 2.05) is 0 Å². The first-order chi connectivity index (χ1) is 10.4. The van der Waals surface area contributed by atoms with Crippen LogP contribution in [0.15, 0.2) is 23.2 Å². The lowest BCUT2D eigenvalue weighted by Crippen LogP contribution is -2.22. The quantitative estimate of drug-likeness (QED) is 0.606. The van der Waals surface area contributed by atoms with Crippen molar-refractivity contribution in [3.8, 4) is 5.75 Å². The summed E-state index contributed by atoms with van der Waals surface area (Å²) in [6.45, 7) is 0. The topological polar surface area (TPSA) is 137 Å². The molecule has 1 aromatic carbocycles. The number of amides is 2. The number of nitro groups is 1. The summed E-state index contributed by atoms with van der Waals surface area (Å²) in [5.74, 6) is -0.724. The summed E-state index contributed by atoms with van der Waals surface area (Å²) in [4.78, 5) is 37.3. The van der Waals surface area contributed by atoms with Gasteiger partial charge in [-0.1, -0.05) is 11.8 Å². The second-order valence-corrected chi connectivity index (χ2v) is 5.51. The Bertz CT molecular complexity index is 675. The van der Waals surface area contributed by atoms with Crippen LogP contribution in [0, 0.1) is 10.1 Å². The number of benzene rings is 1. The molecule has 2 amide bonds. The molecular weight excluding hydrogens is 312 g/mol. The Morgan fingerprint density at radius 3 is 2.86 bits per heavy atom. The highest BCUT2D eigenvalue weighted by molar-refractivity contribution is 8.15. The van der Waals surface area contributed by atoms with Gasteiger partial charge in [0.15, 0.2) is 5.17 Å². The number of amidine groups is 1. The number of carbonyl (C=O) groups excluding carboxylic acids is 2. The van der Waals surface area contributed by atoms with E-state index in [0.29, 0.717) is 5.75 Å². The van der Waals surface area contributed by atoms with Crippen LogP contribution in [-0.4, -0.2) is 34.3 Å². The fourth-order valence-electron chi connectivity index (χ4n) is 1.80. The van der Waals surface area contributed by atoms with E-state index in [-0.39, 0.29) is 23.0 Å². The number of hydrogen-bond donors (Lipinski definition) is 2. The van der Waals surface area contributed by atoms with Crippen LogP contribution in [0.5, 0.6) is 5.75 Å². The maximum absolute atomic E-state index is 11.9. The van der Waals surface area contributed by atoms with Crippen molar-refractivity contribution in [2.45, 2.75) is 11.7 Å². The standard InChI is InChI=1S/C12H12N4O5S/c1-21-6-2-3-7(8(4-6)16(19)20)14-10(17)5-9-11(18)15-12(13)22-9/h2-4,9H,5H2,1H3,(H,14,17)(H2,13,15,18)/t9-/m1/s1. The third-order valence-corrected chi connectivity index (χ3v) is 3.79. The summed E-state index contributed by atoms with van der Waals surface area (Å²) in [5.41, 5.74) is 5.13. The molecule has 0 spiro atoms. The van der Waals surface area contributed by atoms with Gasteiger partial charge in [0.05, 0.1) is 18.1 Å². The van der Waals surface area contributed by atoms with E-state index >= 15 is 0 Å². The van der Waals surface area contributed by atoms with Gasteiger partial charge in [-0.3, -0.25) is 19.7 Å². The van der Waals surface area contributed by atoms with Crippen molar-refractivity contribution in [1.82, 2.24) is 0 Å². The van der Waals surface area contributed by atoms with E-state index < -0.39 is 22.0 Å². The Morgan fingerprint density at radius 1 is 1.59 bits per heavy atom. The zero-order valence-corrected chi connectivity index (χ0v) is 12.3. The lowest BCUT2D eigenvalue weighted by atomic mass is 10.2. The molecule has 0 aromatic heterocycles. The normalized spacial score (nSPS) is 17.0. The van der Waals surface area contributed by atoms with E-state index in [1.54, 1.807) is 0 Å². The number of hydrogen-bond acceptors (Lipinski definition) is 7. The Morgan fingerprint density at radius 2 is 2.32 bits per heavy atom. The van der Waals surface area contributed by atoms with Crippen LogP contribution in [0.3, 0.4) is 0 Å². The van der Waals surface area contributed by atoms with Crippen molar-refractivity contribution in [2.75, 3.05) is 12.4 Å². The Hall–Kier alpha value is -2.62. The maximum Gasteiger partial charge on any atom is 0.296 e. The molecule has 3 N–H and O–H groups in total. The lowest BCUT2D eigenvalue weighted by molar-refractivity contribution is -0.384. The third kappa shape index (κ3) is 3.52. The molecule has 1 aromatic rings. The first-order valence-corrected chi connectivity index (χ1v) is 6.95. The average Bonchev–Trinajstić information content (AvgIpc) is 2.76. The highest BCUT2D eigenvalue weighted by Gasteiger charge is 2.29. The van der Waals surface area contributed by atoms with Gasteiger partial charge >= 0.3 is 0 Å². The van der Waals surface area contributed by atoms with Crippen LogP contribution in [0.4, 0.5) is 11.4 Å². The molecule has 0 saturated carbocycles. The van der Waals surface area contributed by atoms with Crippen molar-refractivity contribution < 1.29 is 19.2 Å². The van der Waals surface area contributed by atoms with Gasteiger partial charge in [-0.2, -0.15) is 4.99 Å². The van der Waals surface area contributed by atoms with Crippen LogP contribution in [0.25, 0.3) is 0 Å². The average molecular weight is 324 g/mol. The number of aliphatic imine (C=N–C) groups is 1. The minimum absolute atomic E-state index is 0.0279. The number of nitrogens with two attached hydrogens (primary N) is 1. The zero-order valence-electron chi connectivity index (χ0n) is 11.4. The van der Waals surface area contributed by atoms with Crippen LogP contribution in [-0.2, 0) is 9.59 Å². The molecule has 0 saturated heterocycles. The molecule has 0 aliphatic carbocycles. The third-order valence-electron chi connectivity index (χ3n) is 2.81. The Balaban J connectivity index is 2.09. The predicted molar refractivity (Wildman–Crippen MR) is 80.9 cm³/mol. The van der Waals surface area contributed by atoms with Gasteiger partial charge in [0.1, 0.15) is 16.7 Å². The molecule has 2 rings (SSSR count). The fraction of sp³-hybridized carbons (Fsp3) is 0.250. The second-order valence-electron chi connectivity index (χ2n) is 4.29. The molecule has 10 heteroatoms. The predicted octanol–water partition coefficient (Wildman–Crippen LogP) is 0.889. The van der Waals surface area contributed by atoms with E-state index in [9.17, 15) is 19.7 Å². The molecule has 1 aliphatic heterocycles. The van der Waals surface area contributed by atoms with Gasteiger partial charge in [-0.15, -0.1) is 0 Å². The highest BCUT2D eigenvalue weighted by Crippen LogP contribution is 2.30. The number of methoxy groups -OCH3 is 1. The molecule has 1 atom stereocenters. The molecule has 0 unspecified atom stereocenters. The maximum atomic E-state index is 11.9. The van der Waals surface area contributed by atoms with Crippen LogP contribution in [0.2, 0.25) is 0 Å². The van der Waals surface area contributed by atoms with Crippen LogP contribution in [0.1, 0.15) is 6.42 Å². The van der Waals surface area contributed by atoms with Crippen molar-refractivity contribution in [1.29, 1.82) is 0 Å². The summed E-state index contributed by atoms with van der Waals surface area (Å²) in [5, 5.41) is 12.8. The molecule has 0 radical (unpaired) electrons. The number of thioether (sulfide) groups is 1. The van der Waals surface area contributed by atoms with E-state index in [0.717, 1.165) is 11.8 Å². The van der Waals surface area contributed by atoms with Crippen molar-refractivity contribution in [3.05, 3.63) is 28.3 Å². The molecule has 22 heavy (non-hydrogen) atoms. The van der Waals surface area contributed by atoms with Crippen LogP contribution < -0.4 is 15.8 Å². The monoisotopic (exact) mass is 324 g/mol. The van der Waals surface area contributed by atoms with Gasteiger partial charge < -0.3 is 15.8 Å². The number of nitro benzene ring substituents is 1. The SMILES string of the molecule is COc1ccc(NC(=O)C[C@H]2SC(N)=NC2=O)c([N+](=O)[O-])c1. The van der Waals surface area contributed by atoms with Gasteiger partial charge in [0, 0.05) is 6.42 Å². The molecule has 0 fully saturated rings. The highest BCUT2D eigenvalue weighted by atomic mass is 32.2. The number of nitrogens with zero attached hydrogens (tertiary/aromatic N) is 2. The number of ether oxygens (including phenoxy) is 1. The first kappa shape index (κ1) is 15.8. The summed E-state index contributed by atoms with van der Waals surface area (Å²) in [6.07, 6.45) is -0.170. The van der Waals surface area contributed by atoms with E-state index in [2.05, 4.69) is 10.3 Å². The van der Waals surface area contributed by atoms with Crippen molar-refractivity contribution >= 4 is 40.1 Å². The van der Waals surface area contributed by atoms with Crippen molar-refractivity contribution in [2.24, 2.45) is 10.7 Å². The lowest BCUT2D eigenvalue weighted by Gasteiger charge is -2.09. The smallest absolute Gasteiger partial charge is 0.296 e. The summed E-state index contributed by atoms with van der Waals surface area (Å²) < 4.78 is 4.90. The van der Waals surface area contributed by atoms with E-state index in [4.69, 9.17) is 10.5 Å². The molecule has 9 nitrogen and oxygen atoms in total. The molecular formula is C12H12N4O5S. The van der Waals surface area contributed by atoms with Gasteiger partial charge in [0.25, 0.3) is 11.6 Å². The minimum Gasteiger partial charge on any atom is -0.496 e. The number of rotatable bonds is 5. The Kier molecular flexibility index (Phi) is 4.61. The van der Waals surface area contributed by atoms with Crippen LogP contribution >= 0.6 is 11.8 Å². The largest absolute Gasteiger partial charge is 0.496 e. The van der Waals surface area contributed by atoms with Gasteiger partial charge in [-0.05, 0) is 12.1 Å². The Labute approximate surface area is 129 Å². The second kappa shape index (κ2) is 6.43. The fourth-order valence-corrected chi connectivity index (χ4v) is 2.62. The van der Waals surface area contributed by atoms with Gasteiger partial charge in [0.2, 0.25) is 5.91 Å². The first-order valence-electron chi connectivity index (χ1n) is 6.07. The summed E-state index contributed by atoms with van der Waals surface area (Å²) >= 11 is 0.993. The number of carbonyl (C=O) groups is 2. The summed E-state index contributed by atoms with van der Waals surface area (Å²) in [7, 11) is 1.38. The van der Waals surface area contributed by atoms with Crippen molar-refractivity contribution in [3.63, 3.8) is 0 Å². The van der Waals surface area contributed by atoms with Gasteiger partial charge in [-0.25, -0.2) is 0 Å².